The van der Waals surface area contributed by atoms with Gasteiger partial charge in [-0.15, -0.1) is 0 Å². The van der Waals surface area contributed by atoms with E-state index in [0.717, 1.165) is 25.7 Å². The Labute approximate surface area is 128 Å². The fraction of sp³-hybridized carbons (Fsp3) is 0.667. The molecule has 0 bridgehead atoms. The van der Waals surface area contributed by atoms with Crippen LogP contribution in [0.15, 0.2) is 30.3 Å². The lowest BCUT2D eigenvalue weighted by molar-refractivity contribution is -0.254. The van der Waals surface area contributed by atoms with Crippen molar-refractivity contribution in [2.24, 2.45) is 5.92 Å². The van der Waals surface area contributed by atoms with Crippen LogP contribution in [0.3, 0.4) is 0 Å². The van der Waals surface area contributed by atoms with E-state index in [4.69, 9.17) is 14.2 Å². The summed E-state index contributed by atoms with van der Waals surface area (Å²) in [4.78, 5) is 0. The molecule has 1 aromatic carbocycles. The lowest BCUT2D eigenvalue weighted by atomic mass is 9.79. The van der Waals surface area contributed by atoms with Crippen LogP contribution < -0.4 is 0 Å². The second kappa shape index (κ2) is 7.92. The zero-order valence-electron chi connectivity index (χ0n) is 13.5. The van der Waals surface area contributed by atoms with Crippen molar-refractivity contribution in [2.45, 2.75) is 51.4 Å². The van der Waals surface area contributed by atoms with E-state index < -0.39 is 0 Å². The molecule has 2 rings (SSSR count). The molecule has 118 valence electrons. The zero-order valence-corrected chi connectivity index (χ0v) is 13.5. The summed E-state index contributed by atoms with van der Waals surface area (Å²) in [7, 11) is 1.81. The van der Waals surface area contributed by atoms with Gasteiger partial charge in [-0.25, -0.2) is 0 Å². The summed E-state index contributed by atoms with van der Waals surface area (Å²) >= 11 is 0. The van der Waals surface area contributed by atoms with Crippen LogP contribution in [0.4, 0.5) is 0 Å². The van der Waals surface area contributed by atoms with Crippen molar-refractivity contribution in [3.63, 3.8) is 0 Å². The van der Waals surface area contributed by atoms with Crippen molar-refractivity contribution in [3.05, 3.63) is 35.9 Å². The van der Waals surface area contributed by atoms with Crippen LogP contribution in [-0.2, 0) is 14.2 Å². The van der Waals surface area contributed by atoms with E-state index in [-0.39, 0.29) is 11.9 Å². The van der Waals surface area contributed by atoms with E-state index in [1.807, 2.05) is 27.0 Å². The maximum Gasteiger partial charge on any atom is 0.168 e. The minimum atomic E-state index is -0.366. The first kappa shape index (κ1) is 16.5. The summed E-state index contributed by atoms with van der Waals surface area (Å²) in [5.74, 6) is 0.168. The third kappa shape index (κ3) is 4.06. The van der Waals surface area contributed by atoms with Crippen LogP contribution in [-0.4, -0.2) is 26.1 Å². The average molecular weight is 292 g/mol. The van der Waals surface area contributed by atoms with Gasteiger partial charge in [-0.05, 0) is 38.2 Å². The molecular formula is C18H28O3. The molecule has 1 aliphatic rings. The molecule has 0 aliphatic heterocycles. The molecule has 0 amide bonds. The normalized spacial score (nSPS) is 20.3. The summed E-state index contributed by atoms with van der Waals surface area (Å²) in [6, 6.07) is 10.5. The molecular weight excluding hydrogens is 264 g/mol. The second-order valence-corrected chi connectivity index (χ2v) is 5.68. The van der Waals surface area contributed by atoms with Crippen LogP contribution >= 0.6 is 0 Å². The highest BCUT2D eigenvalue weighted by molar-refractivity contribution is 5.18. The molecule has 1 aromatic rings. The predicted octanol–water partition coefficient (Wildman–Crippen LogP) is 4.33. The average Bonchev–Trinajstić information content (AvgIpc) is 2.52. The number of rotatable bonds is 7. The summed E-state index contributed by atoms with van der Waals surface area (Å²) in [6.45, 7) is 5.48. The lowest BCUT2D eigenvalue weighted by Crippen LogP contribution is -2.41. The first-order valence-corrected chi connectivity index (χ1v) is 8.10. The molecule has 1 atom stereocenters. The molecule has 0 N–H and O–H groups in total. The Balaban J connectivity index is 2.01. The van der Waals surface area contributed by atoms with E-state index in [0.29, 0.717) is 19.1 Å². The molecule has 1 unspecified atom stereocenters. The Morgan fingerprint density at radius 2 is 1.62 bits per heavy atom. The van der Waals surface area contributed by atoms with Crippen molar-refractivity contribution < 1.29 is 14.2 Å². The van der Waals surface area contributed by atoms with Gasteiger partial charge in [0.25, 0.3) is 0 Å². The van der Waals surface area contributed by atoms with Crippen molar-refractivity contribution in [1.29, 1.82) is 0 Å². The molecule has 0 heterocycles. The van der Waals surface area contributed by atoms with E-state index in [1.54, 1.807) is 0 Å². The maximum absolute atomic E-state index is 5.92. The summed E-state index contributed by atoms with van der Waals surface area (Å²) < 4.78 is 17.6. The number of methoxy groups -OCH3 is 1. The Morgan fingerprint density at radius 1 is 1.05 bits per heavy atom. The van der Waals surface area contributed by atoms with Gasteiger partial charge in [0, 0.05) is 33.2 Å². The largest absolute Gasteiger partial charge is 0.376 e. The Kier molecular flexibility index (Phi) is 6.22. The van der Waals surface area contributed by atoms with Gasteiger partial charge in [0.15, 0.2) is 5.79 Å². The minimum absolute atomic E-state index is 0.174. The van der Waals surface area contributed by atoms with Gasteiger partial charge in [-0.2, -0.15) is 0 Å². The smallest absolute Gasteiger partial charge is 0.168 e. The van der Waals surface area contributed by atoms with E-state index in [9.17, 15) is 0 Å². The first-order chi connectivity index (χ1) is 10.2. The minimum Gasteiger partial charge on any atom is -0.376 e. The van der Waals surface area contributed by atoms with Crippen LogP contribution in [0.25, 0.3) is 0 Å². The van der Waals surface area contributed by atoms with Gasteiger partial charge < -0.3 is 14.2 Å². The van der Waals surface area contributed by atoms with Gasteiger partial charge in [0.1, 0.15) is 0 Å². The molecule has 1 aliphatic carbocycles. The molecule has 0 radical (unpaired) electrons. The maximum atomic E-state index is 5.92. The molecule has 0 saturated heterocycles. The van der Waals surface area contributed by atoms with Crippen molar-refractivity contribution in [1.82, 2.24) is 0 Å². The van der Waals surface area contributed by atoms with Crippen molar-refractivity contribution in [2.75, 3.05) is 20.3 Å². The van der Waals surface area contributed by atoms with Gasteiger partial charge in [-0.1, -0.05) is 30.3 Å². The molecule has 21 heavy (non-hydrogen) atoms. The van der Waals surface area contributed by atoms with Crippen LogP contribution in [0.1, 0.15) is 51.2 Å². The summed E-state index contributed by atoms with van der Waals surface area (Å²) in [5, 5.41) is 0. The zero-order chi connectivity index (χ0) is 15.1. The van der Waals surface area contributed by atoms with Gasteiger partial charge in [0.2, 0.25) is 0 Å². The standard InChI is InChI=1S/C18H28O3/c1-4-20-18(21-5-2)13-11-16(12-14-18)17(19-3)15-9-7-6-8-10-15/h6-10,16-17H,4-5,11-14H2,1-3H3. The molecule has 0 aromatic heterocycles. The molecule has 0 spiro atoms. The monoisotopic (exact) mass is 292 g/mol. The van der Waals surface area contributed by atoms with Crippen LogP contribution in [0.2, 0.25) is 0 Å². The highest BCUT2D eigenvalue weighted by atomic mass is 16.7. The summed E-state index contributed by atoms with van der Waals surface area (Å²) in [6.07, 6.45) is 4.23. The number of hydrogen-bond acceptors (Lipinski definition) is 3. The molecule has 3 nitrogen and oxygen atoms in total. The molecule has 3 heteroatoms. The number of benzene rings is 1. The fourth-order valence-corrected chi connectivity index (χ4v) is 3.48. The highest BCUT2D eigenvalue weighted by Crippen LogP contribution is 2.42. The molecule has 1 fully saturated rings. The number of ether oxygens (including phenoxy) is 3. The fourth-order valence-electron chi connectivity index (χ4n) is 3.48. The van der Waals surface area contributed by atoms with Crippen LogP contribution in [0.5, 0.6) is 0 Å². The lowest BCUT2D eigenvalue weighted by Gasteiger charge is -2.41. The Bertz CT molecular complexity index is 388. The van der Waals surface area contributed by atoms with E-state index >= 15 is 0 Å². The van der Waals surface area contributed by atoms with E-state index in [1.165, 1.54) is 5.56 Å². The third-order valence-electron chi connectivity index (χ3n) is 4.42. The number of hydrogen-bond donors (Lipinski definition) is 0. The quantitative estimate of drug-likeness (QED) is 0.700. The third-order valence-corrected chi connectivity index (χ3v) is 4.42. The van der Waals surface area contributed by atoms with Crippen LogP contribution in [0, 0.1) is 5.92 Å². The summed E-state index contributed by atoms with van der Waals surface area (Å²) in [5.41, 5.74) is 1.27. The van der Waals surface area contributed by atoms with Crippen molar-refractivity contribution in [3.8, 4) is 0 Å². The second-order valence-electron chi connectivity index (χ2n) is 5.68. The Morgan fingerprint density at radius 3 is 2.10 bits per heavy atom. The van der Waals surface area contributed by atoms with Crippen molar-refractivity contribution >= 4 is 0 Å². The predicted molar refractivity (Wildman–Crippen MR) is 84.1 cm³/mol. The van der Waals surface area contributed by atoms with E-state index in [2.05, 4.69) is 24.3 Å². The highest BCUT2D eigenvalue weighted by Gasteiger charge is 2.39. The van der Waals surface area contributed by atoms with Gasteiger partial charge in [0.05, 0.1) is 6.10 Å². The SMILES string of the molecule is CCOC1(OCC)CCC(C(OC)c2ccccc2)CC1. The van der Waals surface area contributed by atoms with Gasteiger partial charge in [-0.3, -0.25) is 0 Å². The van der Waals surface area contributed by atoms with Gasteiger partial charge >= 0.3 is 0 Å². The Hall–Kier alpha value is -0.900. The topological polar surface area (TPSA) is 27.7 Å². The first-order valence-electron chi connectivity index (χ1n) is 8.10. The molecule has 1 saturated carbocycles.